The number of hydrogen-bond donors (Lipinski definition) is 1. The molecular weight excluding hydrogens is 388 g/mol. The first-order valence-electron chi connectivity index (χ1n) is 10.7. The van der Waals surface area contributed by atoms with E-state index in [2.05, 4.69) is 32.9 Å². The minimum absolute atomic E-state index is 0. The average molecular weight is 434 g/mol. The summed E-state index contributed by atoms with van der Waals surface area (Å²) in [5.74, 6) is 0.231. The number of amides is 1. The van der Waals surface area contributed by atoms with Crippen LogP contribution in [0, 0.1) is 0 Å². The third-order valence-corrected chi connectivity index (χ3v) is 4.97. The fourth-order valence-corrected chi connectivity index (χ4v) is 3.12. The Balaban J connectivity index is 0. The molecule has 0 rings (SSSR count). The normalized spacial score (nSPS) is 11.0. The first kappa shape index (κ1) is 27.9. The Hall–Kier alpha value is -0.350. The zero-order valence-corrected chi connectivity index (χ0v) is 19.4. The van der Waals surface area contributed by atoms with E-state index in [1.54, 1.807) is 0 Å². The number of halogens is 1. The van der Waals surface area contributed by atoms with Crippen molar-refractivity contribution in [2.75, 3.05) is 33.7 Å². The summed E-state index contributed by atoms with van der Waals surface area (Å²) in [4.78, 5) is 11.9. The summed E-state index contributed by atoms with van der Waals surface area (Å²) < 4.78 is 1.01. The Bertz CT molecular complexity index is 332. The molecule has 0 saturated carbocycles. The van der Waals surface area contributed by atoms with Crippen molar-refractivity contribution >= 4 is 5.91 Å². The van der Waals surface area contributed by atoms with Crippen molar-refractivity contribution in [3.8, 4) is 0 Å². The van der Waals surface area contributed by atoms with Gasteiger partial charge in [-0.3, -0.25) is 4.79 Å². The van der Waals surface area contributed by atoms with Gasteiger partial charge < -0.3 is 26.8 Å². The zero-order chi connectivity index (χ0) is 18.8. The molecule has 0 aromatic carbocycles. The molecule has 0 bridgehead atoms. The Morgan fingerprint density at radius 3 is 2.12 bits per heavy atom. The van der Waals surface area contributed by atoms with Crippen LogP contribution in [0.5, 0.6) is 0 Å². The predicted octanol–water partition coefficient (Wildman–Crippen LogP) is 2.46. The summed E-state index contributed by atoms with van der Waals surface area (Å²) in [5, 5.41) is 3.10. The van der Waals surface area contributed by atoms with E-state index in [1.165, 1.54) is 70.8 Å². The van der Waals surface area contributed by atoms with Gasteiger partial charge in [-0.05, 0) is 32.1 Å². The van der Waals surface area contributed by atoms with Crippen molar-refractivity contribution in [1.82, 2.24) is 5.32 Å². The van der Waals surface area contributed by atoms with Gasteiger partial charge >= 0.3 is 0 Å². The summed E-state index contributed by atoms with van der Waals surface area (Å²) in [6, 6.07) is 0. The number of rotatable bonds is 18. The van der Waals surface area contributed by atoms with E-state index < -0.39 is 0 Å². The fraction of sp³-hybridized carbons (Fsp3) is 0.864. The lowest BCUT2D eigenvalue weighted by Gasteiger charge is -2.30. The van der Waals surface area contributed by atoms with E-state index in [0.717, 1.165) is 30.4 Å². The minimum Gasteiger partial charge on any atom is -1.00 e. The number of carbonyl (C=O) groups is 1. The number of unbranched alkanes of at least 4 members (excludes halogenated alkanes) is 10. The van der Waals surface area contributed by atoms with E-state index in [0.29, 0.717) is 6.42 Å². The molecule has 0 fully saturated rings. The average Bonchev–Trinajstić information content (AvgIpc) is 2.57. The largest absolute Gasteiger partial charge is 1.00 e. The number of nitrogens with one attached hydrogen (secondary N) is 1. The van der Waals surface area contributed by atoms with Crippen molar-refractivity contribution in [3.63, 3.8) is 0 Å². The number of carbonyl (C=O) groups excluding carboxylic acids is 1. The topological polar surface area (TPSA) is 29.1 Å². The number of nitrogens with zero attached hydrogens (tertiary/aromatic N) is 1. The Morgan fingerprint density at radius 2 is 1.46 bits per heavy atom. The Labute approximate surface area is 174 Å². The lowest BCUT2D eigenvalue weighted by molar-refractivity contribution is -0.889. The summed E-state index contributed by atoms with van der Waals surface area (Å²) in [6.45, 7) is 9.06. The highest BCUT2D eigenvalue weighted by atomic mass is 79.9. The quantitative estimate of drug-likeness (QED) is 0.201. The van der Waals surface area contributed by atoms with E-state index in [9.17, 15) is 4.79 Å². The molecule has 0 aliphatic heterocycles. The van der Waals surface area contributed by atoms with Crippen LogP contribution in [0.4, 0.5) is 0 Å². The molecule has 3 nitrogen and oxygen atoms in total. The summed E-state index contributed by atoms with van der Waals surface area (Å²) in [5.41, 5.74) is 0. The second-order valence-electron chi connectivity index (χ2n) is 8.10. The van der Waals surface area contributed by atoms with Crippen molar-refractivity contribution in [2.45, 2.75) is 90.4 Å². The molecule has 4 heteroatoms. The summed E-state index contributed by atoms with van der Waals surface area (Å²) >= 11 is 0. The smallest absolute Gasteiger partial charge is 0.220 e. The van der Waals surface area contributed by atoms with Gasteiger partial charge in [-0.1, -0.05) is 57.9 Å². The van der Waals surface area contributed by atoms with Crippen LogP contribution in [0.2, 0.25) is 0 Å². The van der Waals surface area contributed by atoms with E-state index in [-0.39, 0.29) is 22.9 Å². The van der Waals surface area contributed by atoms with Crippen LogP contribution in [-0.4, -0.2) is 44.1 Å². The van der Waals surface area contributed by atoms with E-state index in [1.807, 2.05) is 6.08 Å². The minimum atomic E-state index is 0. The van der Waals surface area contributed by atoms with Crippen molar-refractivity contribution in [1.29, 1.82) is 0 Å². The molecule has 0 aliphatic carbocycles. The van der Waals surface area contributed by atoms with Gasteiger partial charge in [0.2, 0.25) is 5.91 Å². The molecule has 0 aromatic heterocycles. The van der Waals surface area contributed by atoms with Gasteiger partial charge in [-0.25, -0.2) is 0 Å². The second kappa shape index (κ2) is 19.4. The SMILES string of the molecule is C=CCCCCCCCCC(=O)NCC[N+](C)(C)CCCCCCC.[Br-]. The second-order valence-corrected chi connectivity index (χ2v) is 8.10. The molecule has 1 amide bonds. The molecule has 0 heterocycles. The van der Waals surface area contributed by atoms with Gasteiger partial charge in [0.25, 0.3) is 0 Å². The number of allylic oxidation sites excluding steroid dienone is 1. The van der Waals surface area contributed by atoms with Crippen molar-refractivity contribution < 1.29 is 26.3 Å². The lowest BCUT2D eigenvalue weighted by atomic mass is 10.1. The Kier molecular flexibility index (Phi) is 20.8. The molecule has 0 atom stereocenters. The van der Waals surface area contributed by atoms with Crippen molar-refractivity contribution in [3.05, 3.63) is 12.7 Å². The maximum absolute atomic E-state index is 11.9. The van der Waals surface area contributed by atoms with Gasteiger partial charge in [-0.2, -0.15) is 0 Å². The molecule has 0 spiro atoms. The summed E-state index contributed by atoms with van der Waals surface area (Å²) in [7, 11) is 4.55. The highest BCUT2D eigenvalue weighted by Crippen LogP contribution is 2.09. The van der Waals surface area contributed by atoms with Crippen LogP contribution < -0.4 is 22.3 Å². The molecule has 0 saturated heterocycles. The molecule has 0 aromatic rings. The highest BCUT2D eigenvalue weighted by molar-refractivity contribution is 5.75. The van der Waals surface area contributed by atoms with Crippen molar-refractivity contribution in [2.24, 2.45) is 0 Å². The van der Waals surface area contributed by atoms with Gasteiger partial charge in [0.05, 0.1) is 33.7 Å². The predicted molar refractivity (Wildman–Crippen MR) is 111 cm³/mol. The monoisotopic (exact) mass is 432 g/mol. The van der Waals surface area contributed by atoms with Crippen LogP contribution in [0.3, 0.4) is 0 Å². The van der Waals surface area contributed by atoms with Gasteiger partial charge in [-0.15, -0.1) is 6.58 Å². The molecule has 0 aliphatic rings. The maximum atomic E-state index is 11.9. The third kappa shape index (κ3) is 20.0. The molecule has 0 unspecified atom stereocenters. The lowest BCUT2D eigenvalue weighted by Crippen LogP contribution is -3.00. The van der Waals surface area contributed by atoms with Gasteiger partial charge in [0, 0.05) is 6.42 Å². The number of quaternary nitrogens is 1. The molecule has 156 valence electrons. The molecular formula is C22H45BrN2O. The van der Waals surface area contributed by atoms with Crippen LogP contribution in [0.25, 0.3) is 0 Å². The third-order valence-electron chi connectivity index (χ3n) is 4.97. The molecule has 26 heavy (non-hydrogen) atoms. The fourth-order valence-electron chi connectivity index (χ4n) is 3.12. The number of hydrogen-bond acceptors (Lipinski definition) is 1. The van der Waals surface area contributed by atoms with Crippen LogP contribution in [-0.2, 0) is 4.79 Å². The maximum Gasteiger partial charge on any atom is 0.220 e. The van der Waals surface area contributed by atoms with Crippen LogP contribution in [0.15, 0.2) is 12.7 Å². The first-order chi connectivity index (χ1) is 12.0. The number of likely N-dealkylation sites (N-methyl/N-ethyl adjacent to an activating group) is 1. The van der Waals surface area contributed by atoms with Gasteiger partial charge in [0.15, 0.2) is 0 Å². The van der Waals surface area contributed by atoms with Crippen LogP contribution in [0.1, 0.15) is 90.4 Å². The Morgan fingerprint density at radius 1 is 0.885 bits per heavy atom. The summed E-state index contributed by atoms with van der Waals surface area (Å²) in [6.07, 6.45) is 17.8. The van der Waals surface area contributed by atoms with Gasteiger partial charge in [0.1, 0.15) is 0 Å². The van der Waals surface area contributed by atoms with E-state index >= 15 is 0 Å². The van der Waals surface area contributed by atoms with E-state index in [4.69, 9.17) is 0 Å². The first-order valence-corrected chi connectivity index (χ1v) is 10.7. The molecule has 1 N–H and O–H groups in total. The standard InChI is InChI=1S/C22H44N2O.BrH/c1-5-7-9-11-12-13-14-16-18-22(25)23-19-21-24(3,4)20-17-15-10-8-6-2;/h5H,1,6-21H2,2-4H3;1H. The molecule has 0 radical (unpaired) electrons. The highest BCUT2D eigenvalue weighted by Gasteiger charge is 2.14. The van der Waals surface area contributed by atoms with Crippen LogP contribution >= 0.6 is 0 Å². The zero-order valence-electron chi connectivity index (χ0n) is 17.8.